The highest BCUT2D eigenvalue weighted by Gasteiger charge is 2.31. The molecule has 0 fully saturated rings. The van der Waals surface area contributed by atoms with Gasteiger partial charge in [-0.25, -0.2) is 23.5 Å². The molecule has 0 aliphatic carbocycles. The maximum absolute atomic E-state index is 14.5. The minimum Gasteiger partial charge on any atom is -0.490 e. The largest absolute Gasteiger partial charge is 0.490 e. The van der Waals surface area contributed by atoms with E-state index in [0.29, 0.717) is 28.5 Å². The average Bonchev–Trinajstić information content (AvgIpc) is 3.44. The van der Waals surface area contributed by atoms with Crippen LogP contribution in [-0.4, -0.2) is 47.0 Å². The Balaban J connectivity index is 1.60. The van der Waals surface area contributed by atoms with Gasteiger partial charge < -0.3 is 9.84 Å². The Morgan fingerprint density at radius 1 is 1.19 bits per heavy atom. The Labute approximate surface area is 207 Å². The molecule has 0 amide bonds. The summed E-state index contributed by atoms with van der Waals surface area (Å²) in [6.07, 6.45) is 3.62. The molecule has 0 saturated heterocycles. The molecule has 4 heterocycles. The van der Waals surface area contributed by atoms with Crippen LogP contribution in [0.15, 0.2) is 47.7 Å². The van der Waals surface area contributed by atoms with Gasteiger partial charge in [0, 0.05) is 31.2 Å². The lowest BCUT2D eigenvalue weighted by molar-refractivity contribution is 0.241. The number of benzene rings is 2. The van der Waals surface area contributed by atoms with Gasteiger partial charge in [-0.3, -0.25) is 13.7 Å². The van der Waals surface area contributed by atoms with Crippen LogP contribution in [0.25, 0.3) is 28.1 Å². The fourth-order valence-electron chi connectivity index (χ4n) is 4.80. The summed E-state index contributed by atoms with van der Waals surface area (Å²) in [4.78, 5) is 27.1. The van der Waals surface area contributed by atoms with Crippen molar-refractivity contribution >= 4 is 22.2 Å². The predicted molar refractivity (Wildman–Crippen MR) is 127 cm³/mol. The number of ether oxygens (including phenoxy) is 1. The Bertz CT molecular complexity index is 1780. The average molecular weight is 503 g/mol. The van der Waals surface area contributed by atoms with Gasteiger partial charge in [0.05, 0.1) is 41.5 Å². The fraction of sp³-hybridized carbons (Fsp3) is 0.240. The molecule has 0 radical (unpaired) electrons. The minimum absolute atomic E-state index is 0.0975. The van der Waals surface area contributed by atoms with Crippen molar-refractivity contribution in [2.45, 2.75) is 25.4 Å². The highest BCUT2D eigenvalue weighted by molar-refractivity contribution is 5.79. The molecule has 1 atom stereocenters. The number of halogens is 2. The number of fused-ring (bicyclic) bond motifs is 3. The van der Waals surface area contributed by atoms with Crippen LogP contribution in [0.5, 0.6) is 5.75 Å². The fourth-order valence-corrected chi connectivity index (χ4v) is 4.80. The lowest BCUT2D eigenvalue weighted by Crippen LogP contribution is -2.31. The Morgan fingerprint density at radius 2 is 2.05 bits per heavy atom. The number of aliphatic hydroxyl groups is 1. The van der Waals surface area contributed by atoms with E-state index < -0.39 is 23.4 Å². The Morgan fingerprint density at radius 3 is 2.86 bits per heavy atom. The minimum atomic E-state index is -0.842. The molecule has 6 rings (SSSR count). The SMILES string of the molecule is N#Cc1ccc2ncn(-c3ncc4c(n3)n([C@@H]3CCOc5c(F)cc(F)cc53)c(=O)n4CCCO)c2c1. The van der Waals surface area contributed by atoms with Gasteiger partial charge in [-0.2, -0.15) is 10.2 Å². The molecule has 1 aliphatic heterocycles. The molecule has 0 bridgehead atoms. The molecule has 5 aromatic rings. The Hall–Kier alpha value is -4.63. The van der Waals surface area contributed by atoms with E-state index in [1.165, 1.54) is 27.7 Å². The monoisotopic (exact) mass is 503 g/mol. The molecule has 0 unspecified atom stereocenters. The van der Waals surface area contributed by atoms with E-state index in [2.05, 4.69) is 21.0 Å². The van der Waals surface area contributed by atoms with E-state index in [0.717, 1.165) is 6.07 Å². The lowest BCUT2D eigenvalue weighted by atomic mass is 10.00. The van der Waals surface area contributed by atoms with Crippen LogP contribution < -0.4 is 10.4 Å². The van der Waals surface area contributed by atoms with Gasteiger partial charge in [-0.05, 0) is 30.7 Å². The number of aliphatic hydroxyl groups excluding tert-OH is 1. The van der Waals surface area contributed by atoms with E-state index in [1.54, 1.807) is 22.8 Å². The van der Waals surface area contributed by atoms with Crippen molar-refractivity contribution in [3.63, 3.8) is 0 Å². The van der Waals surface area contributed by atoms with Gasteiger partial charge in [0.2, 0.25) is 5.95 Å². The number of nitriles is 1. The molecule has 1 N–H and O–H groups in total. The summed E-state index contributed by atoms with van der Waals surface area (Å²) in [5, 5.41) is 18.7. The number of hydrogen-bond acceptors (Lipinski definition) is 7. The van der Waals surface area contributed by atoms with Crippen molar-refractivity contribution in [1.29, 1.82) is 5.26 Å². The molecule has 10 nitrogen and oxygen atoms in total. The van der Waals surface area contributed by atoms with E-state index in [1.807, 2.05) is 0 Å². The van der Waals surface area contributed by atoms with Gasteiger partial charge >= 0.3 is 5.69 Å². The third-order valence-electron chi connectivity index (χ3n) is 6.47. The van der Waals surface area contributed by atoms with Crippen LogP contribution in [0, 0.1) is 23.0 Å². The molecule has 186 valence electrons. The zero-order valence-corrected chi connectivity index (χ0v) is 19.3. The van der Waals surface area contributed by atoms with Crippen LogP contribution in [0.3, 0.4) is 0 Å². The molecule has 0 saturated carbocycles. The topological polar surface area (TPSA) is 124 Å². The van der Waals surface area contributed by atoms with Crippen LogP contribution in [-0.2, 0) is 6.54 Å². The third kappa shape index (κ3) is 3.63. The number of aryl methyl sites for hydroxylation is 1. The maximum atomic E-state index is 14.5. The number of hydrogen-bond donors (Lipinski definition) is 1. The summed E-state index contributed by atoms with van der Waals surface area (Å²) in [7, 11) is 0. The summed E-state index contributed by atoms with van der Waals surface area (Å²) in [5.41, 5.74) is 2.10. The molecule has 0 spiro atoms. The van der Waals surface area contributed by atoms with Crippen molar-refractivity contribution in [2.75, 3.05) is 13.2 Å². The second-order valence-electron chi connectivity index (χ2n) is 8.65. The third-order valence-corrected chi connectivity index (χ3v) is 6.47. The van der Waals surface area contributed by atoms with Gasteiger partial charge in [-0.1, -0.05) is 0 Å². The second-order valence-corrected chi connectivity index (χ2v) is 8.65. The van der Waals surface area contributed by atoms with E-state index >= 15 is 0 Å². The van der Waals surface area contributed by atoms with Gasteiger partial charge in [0.15, 0.2) is 17.2 Å². The first-order chi connectivity index (χ1) is 18.0. The molecule has 12 heteroatoms. The molecule has 3 aromatic heterocycles. The molecular formula is C25H19F2N7O3. The van der Waals surface area contributed by atoms with Gasteiger partial charge in [0.25, 0.3) is 0 Å². The number of nitrogens with zero attached hydrogens (tertiary/aromatic N) is 7. The van der Waals surface area contributed by atoms with E-state index in [9.17, 15) is 23.9 Å². The standard InChI is InChI=1S/C25H19F2N7O3/c26-15-9-16-19(4-7-37-22(16)17(27)10-15)34-23-21(32(25(34)36)5-1-6-35)12-29-24(31-23)33-13-30-18-3-2-14(11-28)8-20(18)33/h2-3,8-10,12-13,19,35H,1,4-7H2/t19-/m1/s1. The first-order valence-electron chi connectivity index (χ1n) is 11.6. The highest BCUT2D eigenvalue weighted by atomic mass is 19.1. The predicted octanol–water partition coefficient (Wildman–Crippen LogP) is 2.84. The van der Waals surface area contributed by atoms with E-state index in [4.69, 9.17) is 4.74 Å². The second kappa shape index (κ2) is 8.79. The van der Waals surface area contributed by atoms with Crippen molar-refractivity contribution in [1.82, 2.24) is 28.7 Å². The summed E-state index contributed by atoms with van der Waals surface area (Å²) in [6.45, 7) is 0.197. The van der Waals surface area contributed by atoms with Crippen molar-refractivity contribution < 1.29 is 18.6 Å². The maximum Gasteiger partial charge on any atom is 0.330 e. The summed E-state index contributed by atoms with van der Waals surface area (Å²) in [6, 6.07) is 8.30. The van der Waals surface area contributed by atoms with Crippen molar-refractivity contribution in [3.05, 3.63) is 76.1 Å². The molecule has 2 aromatic carbocycles. The normalized spacial score (nSPS) is 15.0. The Kier molecular flexibility index (Phi) is 5.42. The molecule has 1 aliphatic rings. The van der Waals surface area contributed by atoms with Crippen molar-refractivity contribution in [2.24, 2.45) is 0 Å². The molecule has 37 heavy (non-hydrogen) atoms. The molecular weight excluding hydrogens is 484 g/mol. The summed E-state index contributed by atoms with van der Waals surface area (Å²) >= 11 is 0. The number of imidazole rings is 2. The van der Waals surface area contributed by atoms with Crippen LogP contribution in [0.4, 0.5) is 8.78 Å². The zero-order chi connectivity index (χ0) is 25.7. The number of rotatable bonds is 5. The van der Waals surface area contributed by atoms with Crippen LogP contribution >= 0.6 is 0 Å². The van der Waals surface area contributed by atoms with E-state index in [-0.39, 0.29) is 49.1 Å². The smallest absolute Gasteiger partial charge is 0.330 e. The van der Waals surface area contributed by atoms with Crippen LogP contribution in [0.1, 0.15) is 30.0 Å². The summed E-state index contributed by atoms with van der Waals surface area (Å²) in [5.74, 6) is -1.52. The van der Waals surface area contributed by atoms with Crippen LogP contribution in [0.2, 0.25) is 0 Å². The number of aromatic nitrogens is 6. The van der Waals surface area contributed by atoms with Gasteiger partial charge in [0.1, 0.15) is 17.7 Å². The lowest BCUT2D eigenvalue weighted by Gasteiger charge is -2.27. The first-order valence-corrected chi connectivity index (χ1v) is 11.6. The summed E-state index contributed by atoms with van der Waals surface area (Å²) < 4.78 is 38.7. The van der Waals surface area contributed by atoms with Crippen molar-refractivity contribution in [3.8, 4) is 17.8 Å². The van der Waals surface area contributed by atoms with Gasteiger partial charge in [-0.15, -0.1) is 0 Å². The highest BCUT2D eigenvalue weighted by Crippen LogP contribution is 2.38. The quantitative estimate of drug-likeness (QED) is 0.391. The zero-order valence-electron chi connectivity index (χ0n) is 19.3. The first kappa shape index (κ1) is 22.8.